The highest BCUT2D eigenvalue weighted by Crippen LogP contribution is 2.54. The fourth-order valence-corrected chi connectivity index (χ4v) is 7.19. The maximum absolute atomic E-state index is 6.39. The van der Waals surface area contributed by atoms with Crippen LogP contribution in [0.3, 0.4) is 0 Å². The minimum absolute atomic E-state index is 0.260. The second-order valence-corrected chi connectivity index (χ2v) is 12.7. The Kier molecular flexibility index (Phi) is 7.81. The van der Waals surface area contributed by atoms with Gasteiger partial charge in [0, 0.05) is 21.8 Å². The molecule has 1 aliphatic rings. The molecule has 0 fully saturated rings. The maximum Gasteiger partial charge on any atom is 0.134 e. The Morgan fingerprint density at radius 3 is 1.98 bits per heavy atom. The van der Waals surface area contributed by atoms with Gasteiger partial charge in [0.15, 0.2) is 0 Å². The predicted octanol–water partition coefficient (Wildman–Crippen LogP) is 11.0. The van der Waals surface area contributed by atoms with E-state index in [1.165, 1.54) is 69.3 Å². The van der Waals surface area contributed by atoms with Crippen molar-refractivity contribution in [2.75, 3.05) is 13.7 Å². The Morgan fingerprint density at radius 1 is 0.605 bits per heavy atom. The van der Waals surface area contributed by atoms with Crippen molar-refractivity contribution in [2.45, 2.75) is 72.6 Å². The maximum atomic E-state index is 6.39. The Balaban J connectivity index is 1.49. The third-order valence-electron chi connectivity index (χ3n) is 9.42. The molecule has 0 aromatic heterocycles. The number of fused-ring (bicyclic) bond motifs is 4. The lowest BCUT2D eigenvalue weighted by Gasteiger charge is -2.30. The molecule has 2 nitrogen and oxygen atoms in total. The van der Waals surface area contributed by atoms with Gasteiger partial charge in [-0.15, -0.1) is 0 Å². The first-order chi connectivity index (χ1) is 20.8. The summed E-state index contributed by atoms with van der Waals surface area (Å²) in [4.78, 5) is 0. The van der Waals surface area contributed by atoms with E-state index in [1.807, 2.05) is 0 Å². The molecule has 5 aromatic carbocycles. The third kappa shape index (κ3) is 5.01. The van der Waals surface area contributed by atoms with E-state index in [0.29, 0.717) is 0 Å². The molecule has 0 radical (unpaired) electrons. The number of benzene rings is 5. The van der Waals surface area contributed by atoms with Crippen LogP contribution in [0.25, 0.3) is 33.0 Å². The van der Waals surface area contributed by atoms with Crippen LogP contribution in [0.2, 0.25) is 0 Å². The van der Waals surface area contributed by atoms with Crippen molar-refractivity contribution in [3.8, 4) is 33.8 Å². The van der Waals surface area contributed by atoms with Crippen LogP contribution in [0, 0.1) is 27.7 Å². The summed E-state index contributed by atoms with van der Waals surface area (Å²) in [7, 11) is 1.79. The molecule has 0 spiro atoms. The molecule has 43 heavy (non-hydrogen) atoms. The van der Waals surface area contributed by atoms with Gasteiger partial charge < -0.3 is 9.47 Å². The quantitative estimate of drug-likeness (QED) is 0.165. The van der Waals surface area contributed by atoms with E-state index in [1.54, 1.807) is 7.11 Å². The van der Waals surface area contributed by atoms with E-state index >= 15 is 0 Å². The lowest BCUT2D eigenvalue weighted by molar-refractivity contribution is 0.306. The van der Waals surface area contributed by atoms with Crippen LogP contribution in [0.4, 0.5) is 0 Å². The van der Waals surface area contributed by atoms with E-state index in [-0.39, 0.29) is 5.41 Å². The lowest BCUT2D eigenvalue weighted by Crippen LogP contribution is -2.23. The van der Waals surface area contributed by atoms with Crippen LogP contribution in [0.1, 0.15) is 78.5 Å². The van der Waals surface area contributed by atoms with E-state index < -0.39 is 0 Å². The van der Waals surface area contributed by atoms with Gasteiger partial charge in [-0.2, -0.15) is 0 Å². The van der Waals surface area contributed by atoms with Crippen molar-refractivity contribution < 1.29 is 9.47 Å². The van der Waals surface area contributed by atoms with Crippen molar-refractivity contribution in [3.05, 3.63) is 118 Å². The van der Waals surface area contributed by atoms with Gasteiger partial charge in [-0.05, 0) is 98.2 Å². The first-order valence-electron chi connectivity index (χ1n) is 15.8. The molecular weight excluding hydrogens is 524 g/mol. The van der Waals surface area contributed by atoms with E-state index in [0.717, 1.165) is 46.4 Å². The number of methoxy groups -OCH3 is 1. The van der Waals surface area contributed by atoms with Crippen molar-refractivity contribution in [1.82, 2.24) is 0 Å². The average molecular weight is 569 g/mol. The summed E-state index contributed by atoms with van der Waals surface area (Å²) in [5.74, 6) is 1.87. The summed E-state index contributed by atoms with van der Waals surface area (Å²) in [5, 5.41) is 2.20. The van der Waals surface area contributed by atoms with Gasteiger partial charge in [-0.3, -0.25) is 0 Å². The van der Waals surface area contributed by atoms with Gasteiger partial charge in [0.05, 0.1) is 13.7 Å². The number of unbranched alkanes of at least 4 members (excludes halogenated alkanes) is 3. The van der Waals surface area contributed by atoms with E-state index in [4.69, 9.17) is 9.47 Å². The molecule has 6 rings (SSSR count). The van der Waals surface area contributed by atoms with Crippen molar-refractivity contribution in [3.63, 3.8) is 0 Å². The molecule has 0 saturated carbocycles. The molecule has 2 heteroatoms. The molecule has 0 saturated heterocycles. The second kappa shape index (κ2) is 11.6. The number of hydrogen-bond acceptors (Lipinski definition) is 2. The Bertz CT molecular complexity index is 1810. The molecule has 1 atom stereocenters. The molecule has 0 aliphatic heterocycles. The van der Waals surface area contributed by atoms with Gasteiger partial charge >= 0.3 is 0 Å². The molecule has 5 aromatic rings. The Hall–Kier alpha value is -4.04. The SMILES string of the molecule is CCCCCCOc1c(C)ccc2c(OC)c(-c3ccc4c(c3)C(C)(c3cc(C)cc(C)c3)c3cc(C)ccc3-4)ccc12. The van der Waals surface area contributed by atoms with Gasteiger partial charge in [-0.25, -0.2) is 0 Å². The van der Waals surface area contributed by atoms with Crippen molar-refractivity contribution >= 4 is 10.8 Å². The fourth-order valence-electron chi connectivity index (χ4n) is 7.19. The second-order valence-electron chi connectivity index (χ2n) is 12.7. The molecule has 1 aliphatic carbocycles. The highest BCUT2D eigenvalue weighted by molar-refractivity contribution is 5.99. The van der Waals surface area contributed by atoms with Gasteiger partial charge in [-0.1, -0.05) is 104 Å². The Morgan fingerprint density at radius 2 is 1.26 bits per heavy atom. The van der Waals surface area contributed by atoms with Crippen LogP contribution in [-0.2, 0) is 5.41 Å². The standard InChI is InChI=1S/C41H44O2/c1-8-9-10-11-20-43-39-29(5)13-16-36-35(39)19-18-32(40(36)42-7)30-14-17-34-33-15-12-26(2)24-37(33)41(6,38(34)25-30)31-22-27(3)21-28(4)23-31/h12-19,21-25H,8-11,20H2,1-7H3. The summed E-state index contributed by atoms with van der Waals surface area (Å²) in [6, 6.07) is 29.7. The lowest BCUT2D eigenvalue weighted by atomic mass is 9.73. The highest BCUT2D eigenvalue weighted by atomic mass is 16.5. The molecule has 220 valence electrons. The fraction of sp³-hybridized carbons (Fsp3) is 0.317. The zero-order chi connectivity index (χ0) is 30.3. The molecule has 0 heterocycles. The first kappa shape index (κ1) is 29.1. The summed E-state index contributed by atoms with van der Waals surface area (Å²) in [5.41, 5.74) is 13.8. The number of rotatable bonds is 9. The summed E-state index contributed by atoms with van der Waals surface area (Å²) < 4.78 is 12.6. The average Bonchev–Trinajstić information content (AvgIpc) is 3.24. The zero-order valence-electron chi connectivity index (χ0n) is 26.9. The third-order valence-corrected chi connectivity index (χ3v) is 9.42. The van der Waals surface area contributed by atoms with Crippen LogP contribution < -0.4 is 9.47 Å². The smallest absolute Gasteiger partial charge is 0.134 e. The monoisotopic (exact) mass is 568 g/mol. The molecule has 0 bridgehead atoms. The normalized spacial score (nSPS) is 15.4. The minimum atomic E-state index is -0.260. The van der Waals surface area contributed by atoms with E-state index in [2.05, 4.69) is 120 Å². The largest absolute Gasteiger partial charge is 0.495 e. The first-order valence-corrected chi connectivity index (χ1v) is 15.8. The van der Waals surface area contributed by atoms with Gasteiger partial charge in [0.2, 0.25) is 0 Å². The van der Waals surface area contributed by atoms with Crippen LogP contribution >= 0.6 is 0 Å². The zero-order valence-corrected chi connectivity index (χ0v) is 26.9. The van der Waals surface area contributed by atoms with Crippen molar-refractivity contribution in [2.24, 2.45) is 0 Å². The minimum Gasteiger partial charge on any atom is -0.495 e. The number of hydrogen-bond donors (Lipinski definition) is 0. The summed E-state index contributed by atoms with van der Waals surface area (Å²) in [6.45, 7) is 14.1. The van der Waals surface area contributed by atoms with Gasteiger partial charge in [0.25, 0.3) is 0 Å². The highest BCUT2D eigenvalue weighted by Gasteiger charge is 2.41. The molecule has 0 amide bonds. The predicted molar refractivity (Wildman–Crippen MR) is 182 cm³/mol. The molecule has 1 unspecified atom stereocenters. The van der Waals surface area contributed by atoms with Gasteiger partial charge in [0.1, 0.15) is 11.5 Å². The van der Waals surface area contributed by atoms with E-state index in [9.17, 15) is 0 Å². The van der Waals surface area contributed by atoms with Crippen molar-refractivity contribution in [1.29, 1.82) is 0 Å². The topological polar surface area (TPSA) is 18.5 Å². The van der Waals surface area contributed by atoms with Crippen LogP contribution in [-0.4, -0.2) is 13.7 Å². The molecular formula is C41H44O2. The Labute approximate surface area is 257 Å². The number of ether oxygens (including phenoxy) is 2. The van der Waals surface area contributed by atoms with Crippen LogP contribution in [0.5, 0.6) is 11.5 Å². The number of aryl methyl sites for hydroxylation is 4. The van der Waals surface area contributed by atoms with Crippen LogP contribution in [0.15, 0.2) is 78.9 Å². The summed E-state index contributed by atoms with van der Waals surface area (Å²) in [6.07, 6.45) is 4.76. The molecule has 0 N–H and O–H groups in total. The summed E-state index contributed by atoms with van der Waals surface area (Å²) >= 11 is 0.